The normalized spacial score (nSPS) is 28.8. The summed E-state index contributed by atoms with van der Waals surface area (Å²) in [5, 5.41) is 0. The van der Waals surface area contributed by atoms with Crippen molar-refractivity contribution < 1.29 is 4.74 Å². The number of nitrogens with two attached hydrogens (primary N) is 1. The third-order valence-corrected chi connectivity index (χ3v) is 3.92. The molecule has 1 aliphatic carbocycles. The first-order valence-corrected chi connectivity index (χ1v) is 6.41. The van der Waals surface area contributed by atoms with Gasteiger partial charge in [-0.1, -0.05) is 6.42 Å². The Bertz CT molecular complexity index is 396. The molecule has 2 N–H and O–H groups in total. The summed E-state index contributed by atoms with van der Waals surface area (Å²) in [6.07, 6.45) is 5.63. The molecule has 0 spiro atoms. The van der Waals surface area contributed by atoms with Crippen molar-refractivity contribution in [2.24, 2.45) is 5.92 Å². The molecule has 92 valence electrons. The Morgan fingerprint density at radius 1 is 1.41 bits per heavy atom. The zero-order valence-corrected chi connectivity index (χ0v) is 10.0. The van der Waals surface area contributed by atoms with Crippen LogP contribution >= 0.6 is 0 Å². The Kier molecular flexibility index (Phi) is 2.89. The third kappa shape index (κ3) is 1.97. The number of anilines is 2. The molecule has 2 fully saturated rings. The second kappa shape index (κ2) is 4.53. The average Bonchev–Trinajstić information content (AvgIpc) is 2.71. The number of aromatic nitrogens is 1. The van der Waals surface area contributed by atoms with Gasteiger partial charge in [-0.05, 0) is 25.0 Å². The van der Waals surface area contributed by atoms with Gasteiger partial charge in [0.2, 0.25) is 0 Å². The number of rotatable bonds is 1. The van der Waals surface area contributed by atoms with Crippen LogP contribution in [-0.4, -0.2) is 30.8 Å². The van der Waals surface area contributed by atoms with Crippen molar-refractivity contribution in [3.05, 3.63) is 18.3 Å². The number of hydrogen-bond donors (Lipinski definition) is 1. The van der Waals surface area contributed by atoms with Crippen molar-refractivity contribution in [3.8, 4) is 0 Å². The van der Waals surface area contributed by atoms with Gasteiger partial charge in [-0.25, -0.2) is 4.98 Å². The van der Waals surface area contributed by atoms with Crippen LogP contribution in [0.1, 0.15) is 19.3 Å². The predicted octanol–water partition coefficient (Wildman–Crippen LogP) is 1.67. The average molecular weight is 233 g/mol. The van der Waals surface area contributed by atoms with Crippen LogP contribution in [0.25, 0.3) is 0 Å². The molecule has 0 radical (unpaired) electrons. The molecule has 0 amide bonds. The molecule has 0 aromatic carbocycles. The van der Waals surface area contributed by atoms with Crippen LogP contribution in [-0.2, 0) is 4.74 Å². The number of fused-ring (bicyclic) bond motifs is 1. The summed E-state index contributed by atoms with van der Waals surface area (Å²) in [5.74, 6) is 1.59. The summed E-state index contributed by atoms with van der Waals surface area (Å²) in [4.78, 5) is 6.81. The summed E-state index contributed by atoms with van der Waals surface area (Å²) in [6.45, 7) is 2.58. The van der Waals surface area contributed by atoms with Crippen molar-refractivity contribution in [2.45, 2.75) is 25.3 Å². The SMILES string of the molecule is Nc1cccnc1N1CCOC[C@H]2CCC[C@H]21. The summed E-state index contributed by atoms with van der Waals surface area (Å²) < 4.78 is 5.69. The molecule has 2 heterocycles. The van der Waals surface area contributed by atoms with E-state index in [2.05, 4.69) is 9.88 Å². The monoisotopic (exact) mass is 233 g/mol. The van der Waals surface area contributed by atoms with Gasteiger partial charge in [0.05, 0.1) is 18.9 Å². The van der Waals surface area contributed by atoms with Crippen molar-refractivity contribution in [1.82, 2.24) is 4.98 Å². The van der Waals surface area contributed by atoms with Gasteiger partial charge in [0.15, 0.2) is 5.82 Å². The molecule has 1 aromatic heterocycles. The van der Waals surface area contributed by atoms with Crippen LogP contribution < -0.4 is 10.6 Å². The van der Waals surface area contributed by atoms with Gasteiger partial charge in [-0.2, -0.15) is 0 Å². The Labute approximate surface area is 102 Å². The molecular formula is C13H19N3O. The first-order valence-electron chi connectivity index (χ1n) is 6.41. The first kappa shape index (κ1) is 10.8. The van der Waals surface area contributed by atoms with E-state index in [1.807, 2.05) is 18.3 Å². The molecule has 17 heavy (non-hydrogen) atoms. The van der Waals surface area contributed by atoms with Gasteiger partial charge in [-0.3, -0.25) is 0 Å². The third-order valence-electron chi connectivity index (χ3n) is 3.92. The predicted molar refractivity (Wildman–Crippen MR) is 67.9 cm³/mol. The molecule has 1 saturated heterocycles. The van der Waals surface area contributed by atoms with E-state index in [-0.39, 0.29) is 0 Å². The van der Waals surface area contributed by atoms with Crippen LogP contribution in [0, 0.1) is 5.92 Å². The van der Waals surface area contributed by atoms with Crippen molar-refractivity contribution in [2.75, 3.05) is 30.4 Å². The molecule has 3 rings (SSSR count). The summed E-state index contributed by atoms with van der Waals surface area (Å²) in [6, 6.07) is 4.38. The minimum atomic E-state index is 0.565. The smallest absolute Gasteiger partial charge is 0.152 e. The van der Waals surface area contributed by atoms with Gasteiger partial charge in [0, 0.05) is 24.7 Å². The van der Waals surface area contributed by atoms with Gasteiger partial charge in [0.25, 0.3) is 0 Å². The van der Waals surface area contributed by atoms with Crippen molar-refractivity contribution in [1.29, 1.82) is 0 Å². The Balaban J connectivity index is 1.92. The van der Waals surface area contributed by atoms with Crippen LogP contribution in [0.5, 0.6) is 0 Å². The fourth-order valence-electron chi connectivity index (χ4n) is 3.10. The number of hydrogen-bond acceptors (Lipinski definition) is 4. The summed E-state index contributed by atoms with van der Waals surface area (Å²) >= 11 is 0. The quantitative estimate of drug-likeness (QED) is 0.801. The maximum absolute atomic E-state index is 6.04. The lowest BCUT2D eigenvalue weighted by molar-refractivity contribution is 0.121. The number of pyridine rings is 1. The minimum absolute atomic E-state index is 0.565. The molecule has 4 heteroatoms. The zero-order valence-electron chi connectivity index (χ0n) is 10.0. The van der Waals surface area contributed by atoms with E-state index < -0.39 is 0 Å². The highest BCUT2D eigenvalue weighted by molar-refractivity contribution is 5.62. The molecular weight excluding hydrogens is 214 g/mol. The van der Waals surface area contributed by atoms with Crippen LogP contribution in [0.3, 0.4) is 0 Å². The Morgan fingerprint density at radius 2 is 2.35 bits per heavy atom. The van der Waals surface area contributed by atoms with E-state index in [0.29, 0.717) is 12.0 Å². The standard InChI is InChI=1S/C13H19N3O/c14-11-4-2-6-15-13(11)16-7-8-17-9-10-3-1-5-12(10)16/h2,4,6,10,12H,1,3,5,7-9,14H2/t10-,12-/m1/s1. The number of nitrogen functional groups attached to an aromatic ring is 1. The Hall–Kier alpha value is -1.29. The highest BCUT2D eigenvalue weighted by Gasteiger charge is 2.35. The molecule has 4 nitrogen and oxygen atoms in total. The van der Waals surface area contributed by atoms with E-state index in [0.717, 1.165) is 31.3 Å². The van der Waals surface area contributed by atoms with Crippen LogP contribution in [0.2, 0.25) is 0 Å². The summed E-state index contributed by atoms with van der Waals surface area (Å²) in [7, 11) is 0. The van der Waals surface area contributed by atoms with Crippen LogP contribution in [0.15, 0.2) is 18.3 Å². The molecule has 0 unspecified atom stereocenters. The molecule has 1 saturated carbocycles. The lowest BCUT2D eigenvalue weighted by atomic mass is 10.0. The lowest BCUT2D eigenvalue weighted by Crippen LogP contribution is -2.39. The van der Waals surface area contributed by atoms with Gasteiger partial charge >= 0.3 is 0 Å². The molecule has 0 bridgehead atoms. The number of ether oxygens (including phenoxy) is 1. The van der Waals surface area contributed by atoms with E-state index >= 15 is 0 Å². The number of nitrogens with zero attached hydrogens (tertiary/aromatic N) is 2. The topological polar surface area (TPSA) is 51.4 Å². The second-order valence-corrected chi connectivity index (χ2v) is 4.94. The fraction of sp³-hybridized carbons (Fsp3) is 0.615. The largest absolute Gasteiger partial charge is 0.396 e. The van der Waals surface area contributed by atoms with E-state index in [9.17, 15) is 0 Å². The second-order valence-electron chi connectivity index (χ2n) is 4.94. The van der Waals surface area contributed by atoms with Crippen molar-refractivity contribution >= 4 is 11.5 Å². The maximum Gasteiger partial charge on any atom is 0.152 e. The molecule has 2 atom stereocenters. The van der Waals surface area contributed by atoms with E-state index in [4.69, 9.17) is 10.5 Å². The zero-order chi connectivity index (χ0) is 11.7. The van der Waals surface area contributed by atoms with Crippen LogP contribution in [0.4, 0.5) is 11.5 Å². The molecule has 1 aromatic rings. The van der Waals surface area contributed by atoms with Crippen molar-refractivity contribution in [3.63, 3.8) is 0 Å². The van der Waals surface area contributed by atoms with E-state index in [1.165, 1.54) is 19.3 Å². The van der Waals surface area contributed by atoms with Gasteiger partial charge < -0.3 is 15.4 Å². The van der Waals surface area contributed by atoms with Gasteiger partial charge in [-0.15, -0.1) is 0 Å². The van der Waals surface area contributed by atoms with E-state index in [1.54, 1.807) is 0 Å². The lowest BCUT2D eigenvalue weighted by Gasteiger charge is -2.31. The first-order chi connectivity index (χ1) is 8.36. The van der Waals surface area contributed by atoms with Gasteiger partial charge in [0.1, 0.15) is 0 Å². The highest BCUT2D eigenvalue weighted by Crippen LogP contribution is 2.35. The maximum atomic E-state index is 6.04. The minimum Gasteiger partial charge on any atom is -0.396 e. The Morgan fingerprint density at radius 3 is 3.24 bits per heavy atom. The molecule has 1 aliphatic heterocycles. The molecule has 2 aliphatic rings. The highest BCUT2D eigenvalue weighted by atomic mass is 16.5. The summed E-state index contributed by atoms with van der Waals surface area (Å²) in [5.41, 5.74) is 6.82. The fourth-order valence-corrected chi connectivity index (χ4v) is 3.10.